The summed E-state index contributed by atoms with van der Waals surface area (Å²) in [7, 11) is 0. The molecule has 3 heteroatoms. The topological polar surface area (TPSA) is 38.1 Å². The zero-order valence-corrected chi connectivity index (χ0v) is 10.4. The van der Waals surface area contributed by atoms with Gasteiger partial charge in [-0.2, -0.15) is 0 Å². The van der Waals surface area contributed by atoms with Gasteiger partial charge in [-0.25, -0.2) is 0 Å². The fourth-order valence-electron chi connectivity index (χ4n) is 2.15. The van der Waals surface area contributed by atoms with Crippen LogP contribution in [0.3, 0.4) is 0 Å². The minimum absolute atomic E-state index is 0.145. The van der Waals surface area contributed by atoms with Crippen molar-refractivity contribution in [2.75, 3.05) is 5.32 Å². The van der Waals surface area contributed by atoms with Gasteiger partial charge in [-0.1, -0.05) is 32.0 Å². The van der Waals surface area contributed by atoms with E-state index in [1.807, 2.05) is 0 Å². The van der Waals surface area contributed by atoms with Crippen molar-refractivity contribution in [1.82, 2.24) is 5.16 Å². The number of benzene rings is 1. The molecule has 0 amide bonds. The van der Waals surface area contributed by atoms with Gasteiger partial charge in [-0.3, -0.25) is 0 Å². The Morgan fingerprint density at radius 1 is 1.29 bits per heavy atom. The minimum Gasteiger partial charge on any atom is -0.380 e. The molecule has 2 heterocycles. The van der Waals surface area contributed by atoms with E-state index in [9.17, 15) is 0 Å². The van der Waals surface area contributed by atoms with E-state index < -0.39 is 0 Å². The smallest absolute Gasteiger partial charge is 0.173 e. The summed E-state index contributed by atoms with van der Waals surface area (Å²) in [4.78, 5) is 0. The monoisotopic (exact) mass is 228 g/mol. The average molecular weight is 228 g/mol. The molecule has 3 rings (SSSR count). The first-order chi connectivity index (χ1) is 8.05. The van der Waals surface area contributed by atoms with Crippen molar-refractivity contribution in [3.8, 4) is 11.3 Å². The van der Waals surface area contributed by atoms with Crippen LogP contribution in [0.5, 0.6) is 0 Å². The minimum atomic E-state index is 0.145. The summed E-state index contributed by atoms with van der Waals surface area (Å²) in [5.41, 5.74) is 4.83. The maximum atomic E-state index is 5.36. The van der Waals surface area contributed by atoms with E-state index in [0.29, 0.717) is 0 Å². The van der Waals surface area contributed by atoms with E-state index in [0.717, 1.165) is 29.1 Å². The van der Waals surface area contributed by atoms with E-state index >= 15 is 0 Å². The summed E-state index contributed by atoms with van der Waals surface area (Å²) in [6.07, 6.45) is 1.79. The van der Waals surface area contributed by atoms with Crippen LogP contribution < -0.4 is 5.32 Å². The van der Waals surface area contributed by atoms with Crippen LogP contribution in [0.4, 0.5) is 5.69 Å². The fourth-order valence-corrected chi connectivity index (χ4v) is 2.15. The predicted molar refractivity (Wildman–Crippen MR) is 68.0 cm³/mol. The van der Waals surface area contributed by atoms with E-state index in [-0.39, 0.29) is 5.41 Å². The number of hydrogen-bond donors (Lipinski definition) is 1. The molecule has 0 saturated carbocycles. The lowest BCUT2D eigenvalue weighted by Crippen LogP contribution is -2.13. The van der Waals surface area contributed by atoms with Crippen molar-refractivity contribution >= 4 is 5.69 Å². The Bertz CT molecular complexity index is 564. The van der Waals surface area contributed by atoms with E-state index in [1.54, 1.807) is 6.20 Å². The van der Waals surface area contributed by atoms with E-state index in [4.69, 9.17) is 4.52 Å². The lowest BCUT2D eigenvalue weighted by atomic mass is 9.85. The Morgan fingerprint density at radius 2 is 2.12 bits per heavy atom. The normalized spacial score (nSPS) is 13.8. The third-order valence-electron chi connectivity index (χ3n) is 3.24. The molecular weight excluding hydrogens is 212 g/mol. The third kappa shape index (κ3) is 1.62. The van der Waals surface area contributed by atoms with Gasteiger partial charge >= 0.3 is 0 Å². The molecule has 1 aromatic heterocycles. The highest BCUT2D eigenvalue weighted by molar-refractivity contribution is 5.79. The first-order valence-corrected chi connectivity index (χ1v) is 5.88. The first kappa shape index (κ1) is 10.4. The largest absolute Gasteiger partial charge is 0.380 e. The number of anilines is 1. The second-order valence-corrected chi connectivity index (χ2v) is 5.54. The van der Waals surface area contributed by atoms with Crippen molar-refractivity contribution in [2.24, 2.45) is 0 Å². The first-order valence-electron chi connectivity index (χ1n) is 5.88. The molecule has 17 heavy (non-hydrogen) atoms. The van der Waals surface area contributed by atoms with Crippen LogP contribution in [-0.4, -0.2) is 5.16 Å². The molecule has 3 nitrogen and oxygen atoms in total. The Morgan fingerprint density at radius 3 is 2.88 bits per heavy atom. The molecule has 0 bridgehead atoms. The van der Waals surface area contributed by atoms with Gasteiger partial charge in [0, 0.05) is 23.4 Å². The van der Waals surface area contributed by atoms with Crippen molar-refractivity contribution in [3.05, 3.63) is 35.5 Å². The van der Waals surface area contributed by atoms with Crippen molar-refractivity contribution in [2.45, 2.75) is 32.7 Å². The molecule has 0 unspecified atom stereocenters. The van der Waals surface area contributed by atoms with Gasteiger partial charge in [0.05, 0.1) is 6.20 Å². The van der Waals surface area contributed by atoms with Gasteiger partial charge in [0.15, 0.2) is 5.76 Å². The van der Waals surface area contributed by atoms with Gasteiger partial charge in [0.1, 0.15) is 0 Å². The highest BCUT2D eigenvalue weighted by Gasteiger charge is 2.22. The molecule has 1 aliphatic heterocycles. The summed E-state index contributed by atoms with van der Waals surface area (Å²) in [6, 6.07) is 6.50. The van der Waals surface area contributed by atoms with Gasteiger partial charge in [-0.05, 0) is 23.1 Å². The highest BCUT2D eigenvalue weighted by atomic mass is 16.5. The zero-order chi connectivity index (χ0) is 12.0. The Hall–Kier alpha value is -1.77. The Labute approximate surface area is 101 Å². The zero-order valence-electron chi connectivity index (χ0n) is 10.4. The van der Waals surface area contributed by atoms with E-state index in [1.165, 1.54) is 5.56 Å². The molecule has 1 N–H and O–H groups in total. The molecule has 0 aliphatic carbocycles. The molecule has 0 spiro atoms. The molecule has 1 aliphatic rings. The molecule has 0 fully saturated rings. The van der Waals surface area contributed by atoms with Crippen LogP contribution in [0.25, 0.3) is 11.3 Å². The van der Waals surface area contributed by atoms with Crippen molar-refractivity contribution in [1.29, 1.82) is 0 Å². The van der Waals surface area contributed by atoms with Gasteiger partial charge < -0.3 is 9.84 Å². The van der Waals surface area contributed by atoms with Crippen LogP contribution in [0, 0.1) is 0 Å². The molecule has 2 aromatic rings. The molecule has 88 valence electrons. The number of nitrogens with zero attached hydrogens (tertiary/aromatic N) is 1. The molecule has 0 saturated heterocycles. The number of fused-ring (bicyclic) bond motifs is 3. The fraction of sp³-hybridized carbons (Fsp3) is 0.357. The quantitative estimate of drug-likeness (QED) is 0.749. The second kappa shape index (κ2) is 3.36. The number of nitrogens with one attached hydrogen (secondary N) is 1. The standard InChI is InChI=1S/C14H16N2O/c1-14(2,3)10-4-5-12-11(6-10)13-9(7-15-12)8-16-17-13/h4-6,8,15H,7H2,1-3H3. The number of hydrogen-bond acceptors (Lipinski definition) is 3. The summed E-state index contributed by atoms with van der Waals surface area (Å²) >= 11 is 0. The summed E-state index contributed by atoms with van der Waals surface area (Å²) in [5, 5.41) is 7.26. The third-order valence-corrected chi connectivity index (χ3v) is 3.24. The van der Waals surface area contributed by atoms with Gasteiger partial charge in [0.25, 0.3) is 0 Å². The van der Waals surface area contributed by atoms with Crippen LogP contribution in [0.15, 0.2) is 28.9 Å². The van der Waals surface area contributed by atoms with Gasteiger partial charge in [-0.15, -0.1) is 0 Å². The average Bonchev–Trinajstić information content (AvgIpc) is 2.75. The summed E-state index contributed by atoms with van der Waals surface area (Å²) < 4.78 is 5.36. The van der Waals surface area contributed by atoms with Crippen molar-refractivity contribution < 1.29 is 4.52 Å². The Kier molecular flexibility index (Phi) is 2.05. The Balaban J connectivity index is 2.18. The highest BCUT2D eigenvalue weighted by Crippen LogP contribution is 2.38. The van der Waals surface area contributed by atoms with Gasteiger partial charge in [0.2, 0.25) is 0 Å². The summed E-state index contributed by atoms with van der Waals surface area (Å²) in [6.45, 7) is 7.44. The molecule has 0 atom stereocenters. The predicted octanol–water partition coefficient (Wildman–Crippen LogP) is 3.56. The lowest BCUT2D eigenvalue weighted by Gasteiger charge is -2.23. The molecular formula is C14H16N2O. The summed E-state index contributed by atoms with van der Waals surface area (Å²) in [5.74, 6) is 0.907. The van der Waals surface area contributed by atoms with Crippen LogP contribution in [0.2, 0.25) is 0 Å². The maximum absolute atomic E-state index is 5.36. The maximum Gasteiger partial charge on any atom is 0.173 e. The van der Waals surface area contributed by atoms with Crippen LogP contribution >= 0.6 is 0 Å². The molecule has 1 aromatic carbocycles. The second-order valence-electron chi connectivity index (χ2n) is 5.54. The van der Waals surface area contributed by atoms with Crippen LogP contribution in [0.1, 0.15) is 31.9 Å². The van der Waals surface area contributed by atoms with Crippen molar-refractivity contribution in [3.63, 3.8) is 0 Å². The lowest BCUT2D eigenvalue weighted by molar-refractivity contribution is 0.431. The van der Waals surface area contributed by atoms with Crippen LogP contribution in [-0.2, 0) is 12.0 Å². The van der Waals surface area contributed by atoms with E-state index in [2.05, 4.69) is 49.4 Å². The number of rotatable bonds is 0. The SMILES string of the molecule is CC(C)(C)c1ccc2c(c1)-c1oncc1CN2. The molecule has 0 radical (unpaired) electrons. The number of aromatic nitrogens is 1.